The molecule has 0 spiro atoms. The summed E-state index contributed by atoms with van der Waals surface area (Å²) in [7, 11) is 0. The van der Waals surface area contributed by atoms with Crippen molar-refractivity contribution >= 4 is 63.0 Å². The van der Waals surface area contributed by atoms with Gasteiger partial charge in [0.15, 0.2) is 5.49 Å². The molecule has 0 amide bonds. The number of hydrogen-bond acceptors (Lipinski definition) is 4. The van der Waals surface area contributed by atoms with Crippen LogP contribution in [0.1, 0.15) is 23.4 Å². The zero-order valence-corrected chi connectivity index (χ0v) is 16.4. The quantitative estimate of drug-likeness (QED) is 0.561. The van der Waals surface area contributed by atoms with Crippen LogP contribution in [-0.4, -0.2) is 14.8 Å². The molecule has 0 bridgehead atoms. The molecular weight excluding hydrogens is 416 g/mol. The van der Waals surface area contributed by atoms with Crippen molar-refractivity contribution in [3.63, 3.8) is 0 Å². The molecule has 1 aliphatic carbocycles. The summed E-state index contributed by atoms with van der Waals surface area (Å²) in [5.74, 6) is 0.156. The van der Waals surface area contributed by atoms with Crippen molar-refractivity contribution in [3.8, 4) is 5.69 Å². The molecule has 2 aromatic heterocycles. The van der Waals surface area contributed by atoms with Crippen LogP contribution in [0.4, 0.5) is 5.82 Å². The summed E-state index contributed by atoms with van der Waals surface area (Å²) in [6.45, 7) is 0. The average Bonchev–Trinajstić information content (AvgIpc) is 2.58. The molecule has 1 aliphatic rings. The fourth-order valence-electron chi connectivity index (χ4n) is 3.38. The topological polar surface area (TPSA) is 80.6 Å². The number of anilines is 1. The maximum atomic E-state index is 8.64. The van der Waals surface area contributed by atoms with Crippen LogP contribution in [0.15, 0.2) is 24.3 Å². The summed E-state index contributed by atoms with van der Waals surface area (Å²) in [6.07, 6.45) is 2.30. The van der Waals surface area contributed by atoms with Gasteiger partial charge in [-0.3, -0.25) is 5.41 Å². The van der Waals surface area contributed by atoms with Crippen LogP contribution in [0.25, 0.3) is 16.5 Å². The van der Waals surface area contributed by atoms with E-state index in [1.165, 1.54) is 4.68 Å². The Balaban J connectivity index is 2.10. The zero-order valence-electron chi connectivity index (χ0n) is 13.4. The molecule has 0 saturated carbocycles. The third-order valence-corrected chi connectivity index (χ3v) is 5.25. The van der Waals surface area contributed by atoms with Gasteiger partial charge in [0.05, 0.1) is 22.5 Å². The van der Waals surface area contributed by atoms with Crippen molar-refractivity contribution in [1.29, 1.82) is 5.41 Å². The Kier molecular flexibility index (Phi) is 4.31. The molecule has 1 aromatic carbocycles. The third-order valence-electron chi connectivity index (χ3n) is 4.46. The largest absolute Gasteiger partial charge is 0.383 e. The first-order valence-electron chi connectivity index (χ1n) is 7.89. The van der Waals surface area contributed by atoms with Gasteiger partial charge in [-0.05, 0) is 49.1 Å². The Morgan fingerprint density at radius 1 is 1.08 bits per heavy atom. The van der Waals surface area contributed by atoms with Crippen LogP contribution in [0.2, 0.25) is 5.02 Å². The van der Waals surface area contributed by atoms with Crippen LogP contribution in [0.3, 0.4) is 0 Å². The normalized spacial score (nSPS) is 14.0. The molecule has 0 fully saturated rings. The highest BCUT2D eigenvalue weighted by atomic mass is 35.6. The number of nitrogen functional groups attached to an aromatic ring is 1. The molecule has 134 valence electrons. The Morgan fingerprint density at radius 3 is 2.42 bits per heavy atom. The lowest BCUT2D eigenvalue weighted by Gasteiger charge is -2.24. The number of nitrogens with zero attached hydrogens (tertiary/aromatic N) is 3. The van der Waals surface area contributed by atoms with E-state index in [0.717, 1.165) is 35.2 Å². The minimum atomic E-state index is -1.68. The fraction of sp³-hybridized carbons (Fsp3) is 0.235. The van der Waals surface area contributed by atoms with Crippen LogP contribution in [0.5, 0.6) is 0 Å². The maximum Gasteiger partial charge on any atom is 0.232 e. The monoisotopic (exact) mass is 427 g/mol. The standard InChI is InChI=1S/C17H13Cl4N5/c18-8-4-6-9(7-5-8)26-16(23)13-12-10(2-1-3-11(12)25-26)14(17(19,20)21)24-15(13)22/h4-7,23H,1-3H2,(H2,22,24). The summed E-state index contributed by atoms with van der Waals surface area (Å²) in [5.41, 5.74) is 8.96. The van der Waals surface area contributed by atoms with E-state index in [2.05, 4.69) is 10.1 Å². The Bertz CT molecular complexity index is 1080. The van der Waals surface area contributed by atoms with E-state index in [9.17, 15) is 0 Å². The summed E-state index contributed by atoms with van der Waals surface area (Å²) < 4.78 is -0.146. The van der Waals surface area contributed by atoms with Gasteiger partial charge in [0, 0.05) is 10.4 Å². The number of pyridine rings is 1. The highest BCUT2D eigenvalue weighted by Gasteiger charge is 2.33. The average molecular weight is 429 g/mol. The molecule has 2 heterocycles. The van der Waals surface area contributed by atoms with E-state index in [0.29, 0.717) is 22.5 Å². The van der Waals surface area contributed by atoms with E-state index >= 15 is 0 Å². The molecule has 0 aliphatic heterocycles. The zero-order chi connectivity index (χ0) is 18.6. The van der Waals surface area contributed by atoms with Crippen LogP contribution in [0, 0.1) is 5.41 Å². The summed E-state index contributed by atoms with van der Waals surface area (Å²) in [6, 6.07) is 7.10. The SMILES string of the molecule is N=c1c2c(N)nc(C(Cl)(Cl)Cl)c3c2c(nn1-c1ccc(Cl)cc1)CCC3. The van der Waals surface area contributed by atoms with Crippen molar-refractivity contribution in [2.45, 2.75) is 23.1 Å². The van der Waals surface area contributed by atoms with Gasteiger partial charge in [0.1, 0.15) is 5.82 Å². The molecule has 0 saturated heterocycles. The van der Waals surface area contributed by atoms with E-state index in [1.54, 1.807) is 24.3 Å². The number of hydrogen-bond donors (Lipinski definition) is 2. The predicted molar refractivity (Wildman–Crippen MR) is 105 cm³/mol. The minimum absolute atomic E-state index is 0.134. The molecule has 0 atom stereocenters. The number of halogens is 4. The lowest BCUT2D eigenvalue weighted by Crippen LogP contribution is -2.27. The van der Waals surface area contributed by atoms with Crippen LogP contribution < -0.4 is 11.2 Å². The van der Waals surface area contributed by atoms with Crippen molar-refractivity contribution in [3.05, 3.63) is 51.7 Å². The number of rotatable bonds is 1. The fourth-order valence-corrected chi connectivity index (χ4v) is 3.98. The second-order valence-corrected chi connectivity index (χ2v) is 8.83. The van der Waals surface area contributed by atoms with Gasteiger partial charge in [0.2, 0.25) is 3.79 Å². The molecular formula is C17H13Cl4N5. The Labute approximate surface area is 169 Å². The second kappa shape index (κ2) is 6.27. The number of alkyl halides is 3. The highest BCUT2D eigenvalue weighted by molar-refractivity contribution is 6.66. The van der Waals surface area contributed by atoms with Crippen LogP contribution in [-0.2, 0) is 16.6 Å². The number of aromatic nitrogens is 3. The smallest absolute Gasteiger partial charge is 0.232 e. The van der Waals surface area contributed by atoms with E-state index in [1.807, 2.05) is 0 Å². The molecule has 26 heavy (non-hydrogen) atoms. The highest BCUT2D eigenvalue weighted by Crippen LogP contribution is 2.43. The Morgan fingerprint density at radius 2 is 1.77 bits per heavy atom. The molecule has 4 rings (SSSR count). The minimum Gasteiger partial charge on any atom is -0.383 e. The summed E-state index contributed by atoms with van der Waals surface area (Å²) in [4.78, 5) is 4.33. The van der Waals surface area contributed by atoms with Gasteiger partial charge in [-0.2, -0.15) is 5.10 Å². The number of benzene rings is 1. The first kappa shape index (κ1) is 17.9. The van der Waals surface area contributed by atoms with Gasteiger partial charge >= 0.3 is 0 Å². The lowest BCUT2D eigenvalue weighted by molar-refractivity contribution is 0.700. The molecule has 0 unspecified atom stereocenters. The predicted octanol–water partition coefficient (Wildman–Crippen LogP) is 4.45. The number of nitrogens with two attached hydrogens (primary N) is 1. The van der Waals surface area contributed by atoms with Crippen molar-refractivity contribution in [2.75, 3.05) is 5.73 Å². The van der Waals surface area contributed by atoms with E-state index in [-0.39, 0.29) is 11.3 Å². The first-order valence-corrected chi connectivity index (χ1v) is 9.40. The number of nitrogens with one attached hydrogen (secondary N) is 1. The van der Waals surface area contributed by atoms with Gasteiger partial charge in [0.25, 0.3) is 0 Å². The lowest BCUT2D eigenvalue weighted by atomic mass is 9.92. The molecule has 5 nitrogen and oxygen atoms in total. The Hall–Kier alpha value is -1.53. The molecule has 3 aromatic rings. The van der Waals surface area contributed by atoms with Crippen molar-refractivity contribution in [1.82, 2.24) is 14.8 Å². The maximum absolute atomic E-state index is 8.64. The number of aryl methyl sites for hydroxylation is 2. The van der Waals surface area contributed by atoms with E-state index in [4.69, 9.17) is 57.5 Å². The van der Waals surface area contributed by atoms with Crippen molar-refractivity contribution < 1.29 is 0 Å². The van der Waals surface area contributed by atoms with E-state index < -0.39 is 3.79 Å². The first-order chi connectivity index (χ1) is 12.3. The third kappa shape index (κ3) is 2.83. The van der Waals surface area contributed by atoms with Gasteiger partial charge in [-0.1, -0.05) is 46.4 Å². The van der Waals surface area contributed by atoms with Gasteiger partial charge in [-0.25, -0.2) is 9.67 Å². The van der Waals surface area contributed by atoms with Gasteiger partial charge in [-0.15, -0.1) is 0 Å². The summed E-state index contributed by atoms with van der Waals surface area (Å²) >= 11 is 24.3. The molecule has 3 N–H and O–H groups in total. The molecule has 9 heteroatoms. The van der Waals surface area contributed by atoms with Crippen molar-refractivity contribution in [2.24, 2.45) is 0 Å². The molecule has 0 radical (unpaired) electrons. The van der Waals surface area contributed by atoms with Gasteiger partial charge < -0.3 is 5.73 Å². The summed E-state index contributed by atoms with van der Waals surface area (Å²) in [5, 5.41) is 15.2. The van der Waals surface area contributed by atoms with Crippen LogP contribution >= 0.6 is 46.4 Å². The second-order valence-electron chi connectivity index (χ2n) is 6.11.